The van der Waals surface area contributed by atoms with E-state index in [9.17, 15) is 14.4 Å². The summed E-state index contributed by atoms with van der Waals surface area (Å²) in [4.78, 5) is 43.7. The van der Waals surface area contributed by atoms with E-state index < -0.39 is 5.69 Å². The summed E-state index contributed by atoms with van der Waals surface area (Å²) >= 11 is 1.40. The van der Waals surface area contributed by atoms with E-state index in [1.807, 2.05) is 25.7 Å². The molecule has 1 aliphatic rings. The molecule has 2 atom stereocenters. The SMILES string of the molecule is CCOc1ccc(-n2c(=O)c3c(C)c(C)sc3n(CC(=O)N3CC(C)CC(C)C3)c2=O)cc1. The highest BCUT2D eigenvalue weighted by Gasteiger charge is 2.27. The minimum absolute atomic E-state index is 0.0779. The van der Waals surface area contributed by atoms with Crippen LogP contribution in [0, 0.1) is 25.7 Å². The monoisotopic (exact) mass is 469 g/mol. The predicted octanol–water partition coefficient (Wildman–Crippen LogP) is 3.73. The maximum Gasteiger partial charge on any atom is 0.337 e. The van der Waals surface area contributed by atoms with Crippen LogP contribution in [0.3, 0.4) is 0 Å². The van der Waals surface area contributed by atoms with Crippen molar-refractivity contribution in [1.82, 2.24) is 14.0 Å². The second kappa shape index (κ2) is 9.17. The molecule has 1 aliphatic heterocycles. The molecule has 2 unspecified atom stereocenters. The summed E-state index contributed by atoms with van der Waals surface area (Å²) in [7, 11) is 0. The fraction of sp³-hybridized carbons (Fsp3) is 0.480. The third kappa shape index (κ3) is 4.36. The van der Waals surface area contributed by atoms with Gasteiger partial charge in [-0.3, -0.25) is 14.2 Å². The number of rotatable bonds is 5. The molecule has 1 saturated heterocycles. The maximum atomic E-state index is 13.6. The molecule has 0 bridgehead atoms. The Labute approximate surface area is 197 Å². The molecule has 0 aliphatic carbocycles. The zero-order valence-electron chi connectivity index (χ0n) is 19.9. The van der Waals surface area contributed by atoms with E-state index in [2.05, 4.69) is 13.8 Å². The van der Waals surface area contributed by atoms with E-state index in [1.165, 1.54) is 20.5 Å². The number of amides is 1. The number of carbonyl (C=O) groups is 1. The highest BCUT2D eigenvalue weighted by atomic mass is 32.1. The molecule has 0 saturated carbocycles. The molecule has 1 amide bonds. The number of fused-ring (bicyclic) bond motifs is 1. The zero-order chi connectivity index (χ0) is 23.9. The molecule has 1 aromatic carbocycles. The molecule has 7 nitrogen and oxygen atoms in total. The van der Waals surface area contributed by atoms with E-state index in [0.29, 0.717) is 53.2 Å². The van der Waals surface area contributed by atoms with Crippen molar-refractivity contribution in [3.8, 4) is 11.4 Å². The molecule has 2 aromatic heterocycles. The van der Waals surface area contributed by atoms with Gasteiger partial charge in [-0.1, -0.05) is 13.8 Å². The number of carbonyl (C=O) groups excluding carboxylic acids is 1. The molecular weight excluding hydrogens is 438 g/mol. The van der Waals surface area contributed by atoms with Gasteiger partial charge < -0.3 is 9.64 Å². The number of aromatic nitrogens is 2. The highest BCUT2D eigenvalue weighted by molar-refractivity contribution is 7.18. The van der Waals surface area contributed by atoms with Crippen molar-refractivity contribution in [3.63, 3.8) is 0 Å². The smallest absolute Gasteiger partial charge is 0.337 e. The molecule has 176 valence electrons. The maximum absolute atomic E-state index is 13.6. The van der Waals surface area contributed by atoms with Gasteiger partial charge in [0, 0.05) is 18.0 Å². The topological polar surface area (TPSA) is 73.5 Å². The molecule has 3 aromatic rings. The Kier molecular flexibility index (Phi) is 6.47. The quantitative estimate of drug-likeness (QED) is 0.571. The third-order valence-corrected chi connectivity index (χ3v) is 7.60. The first-order valence-electron chi connectivity index (χ1n) is 11.5. The lowest BCUT2D eigenvalue weighted by atomic mass is 9.92. The Hall–Kier alpha value is -2.87. The van der Waals surface area contributed by atoms with Crippen LogP contribution in [0.1, 0.15) is 37.6 Å². The van der Waals surface area contributed by atoms with E-state index >= 15 is 0 Å². The lowest BCUT2D eigenvalue weighted by Gasteiger charge is -2.35. The van der Waals surface area contributed by atoms with Crippen molar-refractivity contribution in [2.75, 3.05) is 19.7 Å². The summed E-state index contributed by atoms with van der Waals surface area (Å²) in [6, 6.07) is 6.89. The molecule has 0 N–H and O–H groups in total. The first-order valence-corrected chi connectivity index (χ1v) is 12.3. The van der Waals surface area contributed by atoms with Gasteiger partial charge in [0.25, 0.3) is 5.56 Å². The first-order chi connectivity index (χ1) is 15.7. The summed E-state index contributed by atoms with van der Waals surface area (Å²) in [5.74, 6) is 1.44. The Morgan fingerprint density at radius 2 is 1.73 bits per heavy atom. The predicted molar refractivity (Wildman–Crippen MR) is 132 cm³/mol. The Morgan fingerprint density at radius 1 is 1.09 bits per heavy atom. The lowest BCUT2D eigenvalue weighted by Crippen LogP contribution is -2.46. The fourth-order valence-electron chi connectivity index (χ4n) is 4.78. The third-order valence-electron chi connectivity index (χ3n) is 6.37. The number of benzene rings is 1. The number of nitrogens with zero attached hydrogens (tertiary/aromatic N) is 3. The number of likely N-dealkylation sites (tertiary alicyclic amines) is 1. The van der Waals surface area contributed by atoms with Crippen LogP contribution in [0.2, 0.25) is 0 Å². The van der Waals surface area contributed by atoms with Gasteiger partial charge in [-0.05, 0) is 68.9 Å². The molecule has 4 rings (SSSR count). The van der Waals surface area contributed by atoms with E-state index in [0.717, 1.165) is 16.9 Å². The standard InChI is InChI=1S/C25H31N3O4S/c1-6-32-20-9-7-19(8-10-20)28-23(30)22-17(4)18(5)33-24(22)27(25(28)31)14-21(29)26-12-15(2)11-16(3)13-26/h7-10,15-16H,6,11-14H2,1-5H3. The Morgan fingerprint density at radius 3 is 2.33 bits per heavy atom. The molecule has 3 heterocycles. The number of thiophene rings is 1. The van der Waals surface area contributed by atoms with Crippen molar-refractivity contribution in [1.29, 1.82) is 0 Å². The average Bonchev–Trinajstić information content (AvgIpc) is 3.06. The summed E-state index contributed by atoms with van der Waals surface area (Å²) in [6.07, 6.45) is 1.10. The number of hydrogen-bond donors (Lipinski definition) is 0. The van der Waals surface area contributed by atoms with E-state index in [4.69, 9.17) is 4.74 Å². The van der Waals surface area contributed by atoms with Crippen LogP contribution in [0.5, 0.6) is 5.75 Å². The zero-order valence-corrected chi connectivity index (χ0v) is 20.7. The van der Waals surface area contributed by atoms with Gasteiger partial charge in [0.05, 0.1) is 17.7 Å². The first kappa shape index (κ1) is 23.3. The van der Waals surface area contributed by atoms with Gasteiger partial charge in [-0.2, -0.15) is 0 Å². The molecule has 1 fully saturated rings. The second-order valence-corrected chi connectivity index (χ2v) is 10.3. The van der Waals surface area contributed by atoms with Gasteiger partial charge in [0.15, 0.2) is 0 Å². The van der Waals surface area contributed by atoms with Crippen LogP contribution in [-0.4, -0.2) is 39.6 Å². The van der Waals surface area contributed by atoms with Gasteiger partial charge in [0.2, 0.25) is 5.91 Å². The van der Waals surface area contributed by atoms with Crippen LogP contribution in [-0.2, 0) is 11.3 Å². The minimum Gasteiger partial charge on any atom is -0.494 e. The van der Waals surface area contributed by atoms with Crippen LogP contribution in [0.4, 0.5) is 0 Å². The Balaban J connectivity index is 1.84. The number of ether oxygens (including phenoxy) is 1. The van der Waals surface area contributed by atoms with Gasteiger partial charge >= 0.3 is 5.69 Å². The second-order valence-electron chi connectivity index (χ2n) is 9.14. The van der Waals surface area contributed by atoms with Crippen LogP contribution >= 0.6 is 11.3 Å². The highest BCUT2D eigenvalue weighted by Crippen LogP contribution is 2.28. The van der Waals surface area contributed by atoms with Crippen molar-refractivity contribution >= 4 is 27.5 Å². The Bertz CT molecular complexity index is 1290. The average molecular weight is 470 g/mol. The molecule has 8 heteroatoms. The summed E-state index contributed by atoms with van der Waals surface area (Å²) in [5.41, 5.74) is 0.454. The number of hydrogen-bond acceptors (Lipinski definition) is 5. The lowest BCUT2D eigenvalue weighted by molar-refractivity contribution is -0.134. The van der Waals surface area contributed by atoms with E-state index in [1.54, 1.807) is 24.3 Å². The van der Waals surface area contributed by atoms with Crippen molar-refractivity contribution in [3.05, 3.63) is 55.5 Å². The fourth-order valence-corrected chi connectivity index (χ4v) is 5.92. The molecule has 0 spiro atoms. The normalized spacial score (nSPS) is 18.6. The molecule has 0 radical (unpaired) electrons. The van der Waals surface area contributed by atoms with Crippen LogP contribution in [0.15, 0.2) is 33.9 Å². The molecule has 33 heavy (non-hydrogen) atoms. The molecular formula is C25H31N3O4S. The summed E-state index contributed by atoms with van der Waals surface area (Å²) in [6.45, 7) is 11.9. The van der Waals surface area contributed by atoms with Gasteiger partial charge in [-0.25, -0.2) is 9.36 Å². The summed E-state index contributed by atoms with van der Waals surface area (Å²) in [5, 5.41) is 0.499. The van der Waals surface area contributed by atoms with Gasteiger partial charge in [0.1, 0.15) is 17.1 Å². The van der Waals surface area contributed by atoms with Crippen molar-refractivity contribution in [2.45, 2.75) is 47.6 Å². The van der Waals surface area contributed by atoms with E-state index in [-0.39, 0.29) is 18.0 Å². The summed E-state index contributed by atoms with van der Waals surface area (Å²) < 4.78 is 8.14. The van der Waals surface area contributed by atoms with Crippen molar-refractivity contribution in [2.24, 2.45) is 11.8 Å². The minimum atomic E-state index is -0.496. The van der Waals surface area contributed by atoms with Gasteiger partial charge in [-0.15, -0.1) is 11.3 Å². The van der Waals surface area contributed by atoms with Crippen LogP contribution in [0.25, 0.3) is 15.9 Å². The number of piperidine rings is 1. The van der Waals surface area contributed by atoms with Crippen LogP contribution < -0.4 is 16.0 Å². The van der Waals surface area contributed by atoms with Crippen molar-refractivity contribution < 1.29 is 9.53 Å². The number of aryl methyl sites for hydroxylation is 2. The largest absolute Gasteiger partial charge is 0.494 e.